The molecule has 4 aliphatic rings. The molecule has 46 heavy (non-hydrogen) atoms. The Morgan fingerprint density at radius 3 is 1.93 bits per heavy atom. The van der Waals surface area contributed by atoms with Gasteiger partial charge in [-0.05, 0) is 38.5 Å². The van der Waals surface area contributed by atoms with Gasteiger partial charge >= 0.3 is 0 Å². The van der Waals surface area contributed by atoms with Crippen LogP contribution in [0.3, 0.4) is 0 Å². The van der Waals surface area contributed by atoms with Gasteiger partial charge in [-0.3, -0.25) is 4.79 Å². The quantitative estimate of drug-likeness (QED) is 0.0880. The van der Waals surface area contributed by atoms with Crippen LogP contribution in [0.1, 0.15) is 38.5 Å². The zero-order valence-corrected chi connectivity index (χ0v) is 25.7. The SMILES string of the molecule is NC[C@@H]1CC[C@@H](N)[C@@H](O[C@@H]2[C@@H](N)C[C@@H](NC(=O)[C@@H](O)C(F)(F)CN)C[C@H]2O[C@@H]2O[C@H](CO)[C@@H](O[C@H]3O[C@@H](CN)CC[C@H]3N)[C@H]2O)O1. The minimum Gasteiger partial charge on any atom is -0.394 e. The van der Waals surface area contributed by atoms with Crippen LogP contribution in [-0.2, 0) is 33.2 Å². The van der Waals surface area contributed by atoms with Crippen LogP contribution < -0.4 is 39.7 Å². The van der Waals surface area contributed by atoms with Gasteiger partial charge in [-0.25, -0.2) is 8.78 Å². The molecule has 0 bridgehead atoms. The molecule has 3 heterocycles. The molecule has 0 spiro atoms. The number of aliphatic hydroxyl groups excluding tert-OH is 3. The number of halogens is 2. The van der Waals surface area contributed by atoms with Crippen molar-refractivity contribution in [1.82, 2.24) is 5.32 Å². The van der Waals surface area contributed by atoms with E-state index in [1.54, 1.807) is 0 Å². The van der Waals surface area contributed by atoms with E-state index in [9.17, 15) is 28.9 Å². The molecular formula is C27H51F2N7O10. The molecule has 0 unspecified atom stereocenters. The topological polar surface area (TPSA) is 301 Å². The second kappa shape index (κ2) is 16.4. The summed E-state index contributed by atoms with van der Waals surface area (Å²) in [5.41, 5.74) is 35.5. The molecular weight excluding hydrogens is 620 g/mol. The highest BCUT2D eigenvalue weighted by atomic mass is 19.3. The lowest BCUT2D eigenvalue weighted by atomic mass is 9.86. The maximum atomic E-state index is 13.9. The van der Waals surface area contributed by atoms with Crippen molar-refractivity contribution < 1.29 is 57.3 Å². The maximum absolute atomic E-state index is 13.9. The summed E-state index contributed by atoms with van der Waals surface area (Å²) in [4.78, 5) is 12.5. The summed E-state index contributed by atoms with van der Waals surface area (Å²) < 4.78 is 63.9. The first-order chi connectivity index (χ1) is 21.8. The maximum Gasteiger partial charge on any atom is 0.294 e. The summed E-state index contributed by atoms with van der Waals surface area (Å²) in [5, 5.41) is 33.6. The molecule has 0 aromatic heterocycles. The van der Waals surface area contributed by atoms with E-state index in [2.05, 4.69) is 5.32 Å². The molecule has 3 saturated heterocycles. The molecule has 15 atom stereocenters. The fourth-order valence-electron chi connectivity index (χ4n) is 6.25. The third-order valence-electron chi connectivity index (χ3n) is 9.01. The summed E-state index contributed by atoms with van der Waals surface area (Å²) in [7, 11) is 0. The number of rotatable bonds is 13. The Balaban J connectivity index is 1.51. The minimum absolute atomic E-state index is 0.0394. The van der Waals surface area contributed by atoms with Gasteiger partial charge in [-0.2, -0.15) is 0 Å². The van der Waals surface area contributed by atoms with Gasteiger partial charge < -0.3 is 83.5 Å². The van der Waals surface area contributed by atoms with Gasteiger partial charge in [-0.15, -0.1) is 0 Å². The first kappa shape index (κ1) is 37.5. The van der Waals surface area contributed by atoms with E-state index in [1.165, 1.54) is 0 Å². The lowest BCUT2D eigenvalue weighted by molar-refractivity contribution is -0.273. The van der Waals surface area contributed by atoms with E-state index in [-0.39, 0.29) is 38.1 Å². The van der Waals surface area contributed by atoms with Gasteiger partial charge in [0.15, 0.2) is 25.0 Å². The molecule has 0 radical (unpaired) electrons. The molecule has 4 rings (SSSR count). The number of hydrogen-bond donors (Lipinski definition) is 10. The summed E-state index contributed by atoms with van der Waals surface area (Å²) in [6, 6.07) is -2.78. The minimum atomic E-state index is -3.86. The van der Waals surface area contributed by atoms with Crippen LogP contribution >= 0.6 is 0 Å². The van der Waals surface area contributed by atoms with Crippen molar-refractivity contribution in [1.29, 1.82) is 0 Å². The Kier molecular flexibility index (Phi) is 13.4. The second-order valence-corrected chi connectivity index (χ2v) is 12.5. The lowest BCUT2D eigenvalue weighted by Crippen LogP contribution is -2.61. The highest BCUT2D eigenvalue weighted by Gasteiger charge is 2.51. The molecule has 268 valence electrons. The molecule has 4 fully saturated rings. The van der Waals surface area contributed by atoms with Crippen molar-refractivity contribution in [3.05, 3.63) is 0 Å². The second-order valence-electron chi connectivity index (χ2n) is 12.5. The monoisotopic (exact) mass is 671 g/mol. The number of aliphatic hydroxyl groups is 3. The van der Waals surface area contributed by atoms with Crippen LogP contribution in [0.4, 0.5) is 8.78 Å². The Bertz CT molecular complexity index is 982. The number of alkyl halides is 2. The van der Waals surface area contributed by atoms with Crippen molar-refractivity contribution >= 4 is 5.91 Å². The summed E-state index contributed by atoms with van der Waals surface area (Å²) in [5.74, 6) is -5.21. The highest BCUT2D eigenvalue weighted by molar-refractivity contribution is 5.82. The largest absolute Gasteiger partial charge is 0.394 e. The molecule has 17 nitrogen and oxygen atoms in total. The van der Waals surface area contributed by atoms with E-state index in [0.717, 1.165) is 0 Å². The van der Waals surface area contributed by atoms with Gasteiger partial charge in [0.25, 0.3) is 11.8 Å². The number of nitrogens with one attached hydrogen (secondary N) is 1. The van der Waals surface area contributed by atoms with Gasteiger partial charge in [0.05, 0.1) is 43.5 Å². The lowest BCUT2D eigenvalue weighted by Gasteiger charge is -2.44. The van der Waals surface area contributed by atoms with Crippen LogP contribution in [0.2, 0.25) is 0 Å². The normalized spacial score (nSPS) is 42.9. The standard InChI is InChI=1S/C27H51F2N7O10/c28-27(29,10-32)22(39)23(40)36-11-5-16(35)20(45-24-14(33)3-1-12(7-30)41-24)17(6-11)43-26-19(38)21(18(9-37)44-26)46-25-15(34)4-2-13(8-31)42-25/h11-22,24-26,37-39H,1-10,30-35H2,(H,36,40)/t11-,12+,13-,14-,15-,16+,17-,18-,19-,20-,21-,22-,24-,25-,26-/m1/s1. The number of hydrogen-bond acceptors (Lipinski definition) is 16. The average molecular weight is 672 g/mol. The fourth-order valence-corrected chi connectivity index (χ4v) is 6.25. The molecule has 3 aliphatic heterocycles. The highest BCUT2D eigenvalue weighted by Crippen LogP contribution is 2.34. The third kappa shape index (κ3) is 8.84. The van der Waals surface area contributed by atoms with Crippen molar-refractivity contribution in [2.45, 2.75) is 136 Å². The van der Waals surface area contributed by atoms with Crippen LogP contribution in [-0.4, -0.2) is 145 Å². The van der Waals surface area contributed by atoms with E-state index in [4.69, 9.17) is 62.8 Å². The molecule has 1 aliphatic carbocycles. The molecule has 0 aromatic carbocycles. The Morgan fingerprint density at radius 2 is 1.41 bits per heavy atom. The Labute approximate surface area is 265 Å². The van der Waals surface area contributed by atoms with Crippen LogP contribution in [0.15, 0.2) is 0 Å². The number of carbonyl (C=O) groups excluding carboxylic acids is 1. The van der Waals surface area contributed by atoms with Gasteiger partial charge in [-0.1, -0.05) is 0 Å². The molecule has 19 heteroatoms. The van der Waals surface area contributed by atoms with Gasteiger partial charge in [0, 0.05) is 25.2 Å². The first-order valence-corrected chi connectivity index (χ1v) is 15.8. The van der Waals surface area contributed by atoms with E-state index in [0.29, 0.717) is 25.7 Å². The number of ether oxygens (including phenoxy) is 6. The molecule has 0 aromatic rings. The van der Waals surface area contributed by atoms with E-state index >= 15 is 0 Å². The summed E-state index contributed by atoms with van der Waals surface area (Å²) in [6.45, 7) is -1.31. The van der Waals surface area contributed by atoms with E-state index < -0.39 is 105 Å². The number of amides is 1. The first-order valence-electron chi connectivity index (χ1n) is 15.8. The molecule has 1 amide bonds. The van der Waals surface area contributed by atoms with Gasteiger partial charge in [0.1, 0.15) is 24.4 Å². The summed E-state index contributed by atoms with van der Waals surface area (Å²) >= 11 is 0. The number of carbonyl (C=O) groups is 1. The van der Waals surface area contributed by atoms with Crippen LogP contribution in [0.5, 0.6) is 0 Å². The summed E-state index contributed by atoms with van der Waals surface area (Å²) in [6.07, 6.45) is -9.80. The van der Waals surface area contributed by atoms with Crippen molar-refractivity contribution in [3.8, 4) is 0 Å². The van der Waals surface area contributed by atoms with Crippen LogP contribution in [0, 0.1) is 0 Å². The van der Waals surface area contributed by atoms with Gasteiger partial charge in [0.2, 0.25) is 0 Å². The molecule has 1 saturated carbocycles. The Morgan fingerprint density at radius 1 is 0.848 bits per heavy atom. The number of nitrogens with two attached hydrogens (primary N) is 6. The average Bonchev–Trinajstić information content (AvgIpc) is 3.33. The zero-order valence-electron chi connectivity index (χ0n) is 25.7. The smallest absolute Gasteiger partial charge is 0.294 e. The fraction of sp³-hybridized carbons (Fsp3) is 0.963. The van der Waals surface area contributed by atoms with Crippen LogP contribution in [0.25, 0.3) is 0 Å². The Hall–Kier alpha value is -1.27. The van der Waals surface area contributed by atoms with Crippen molar-refractivity contribution in [2.24, 2.45) is 34.4 Å². The zero-order chi connectivity index (χ0) is 33.8. The third-order valence-corrected chi connectivity index (χ3v) is 9.01. The molecule has 16 N–H and O–H groups in total. The predicted molar refractivity (Wildman–Crippen MR) is 155 cm³/mol. The van der Waals surface area contributed by atoms with Crippen molar-refractivity contribution in [2.75, 3.05) is 26.2 Å². The predicted octanol–water partition coefficient (Wildman–Crippen LogP) is -4.64. The van der Waals surface area contributed by atoms with Crippen molar-refractivity contribution in [3.63, 3.8) is 0 Å². The van der Waals surface area contributed by atoms with E-state index in [1.807, 2.05) is 0 Å².